The van der Waals surface area contributed by atoms with Crippen molar-refractivity contribution in [1.29, 1.82) is 0 Å². The van der Waals surface area contributed by atoms with Gasteiger partial charge in [0.25, 0.3) is 0 Å². The minimum atomic E-state index is -1.06. The van der Waals surface area contributed by atoms with E-state index in [0.717, 1.165) is 55.7 Å². The summed E-state index contributed by atoms with van der Waals surface area (Å²) in [7, 11) is 0. The highest BCUT2D eigenvalue weighted by molar-refractivity contribution is 5.94. The van der Waals surface area contributed by atoms with Gasteiger partial charge in [0.15, 0.2) is 11.3 Å². The Hall–Kier alpha value is -2.93. The second-order valence-electron chi connectivity index (χ2n) is 8.91. The maximum absolute atomic E-state index is 11.8. The summed E-state index contributed by atoms with van der Waals surface area (Å²) in [5.74, 6) is -0.100. The summed E-state index contributed by atoms with van der Waals surface area (Å²) >= 11 is 0. The normalized spacial score (nSPS) is 20.5. The molecule has 0 atom stereocenters. The summed E-state index contributed by atoms with van der Waals surface area (Å²) in [6.45, 7) is 1.61. The number of aromatic carboxylic acids is 1. The first-order chi connectivity index (χ1) is 14.6. The van der Waals surface area contributed by atoms with Crippen LogP contribution in [-0.4, -0.2) is 45.2 Å². The average Bonchev–Trinajstić information content (AvgIpc) is 3.01. The average molecular weight is 405 g/mol. The molecule has 3 fully saturated rings. The van der Waals surface area contributed by atoms with Crippen molar-refractivity contribution < 1.29 is 19.4 Å². The van der Waals surface area contributed by atoms with Gasteiger partial charge in [-0.2, -0.15) is 5.10 Å². The smallest absolute Gasteiger partial charge is 0.354 e. The van der Waals surface area contributed by atoms with E-state index in [1.54, 1.807) is 10.7 Å². The summed E-state index contributed by atoms with van der Waals surface area (Å²) in [4.78, 5) is 16.3. The molecular weight excluding hydrogens is 382 g/mol. The molecule has 0 unspecified atom stereocenters. The minimum absolute atomic E-state index is 0.0178. The number of benzene rings is 1. The lowest BCUT2D eigenvalue weighted by Gasteiger charge is -2.52. The van der Waals surface area contributed by atoms with Crippen LogP contribution >= 0.6 is 0 Å². The van der Waals surface area contributed by atoms with Gasteiger partial charge in [0.1, 0.15) is 11.9 Å². The number of nitrogens with zero attached hydrogens (tertiary/aromatic N) is 3. The second kappa shape index (κ2) is 6.54. The molecule has 7 nitrogen and oxygen atoms in total. The third-order valence-corrected chi connectivity index (χ3v) is 6.77. The van der Waals surface area contributed by atoms with Gasteiger partial charge in [0, 0.05) is 17.4 Å². The second-order valence-corrected chi connectivity index (χ2v) is 8.91. The first kappa shape index (κ1) is 17.9. The Morgan fingerprint density at radius 1 is 1.20 bits per heavy atom. The van der Waals surface area contributed by atoms with Gasteiger partial charge < -0.3 is 14.6 Å². The maximum Gasteiger partial charge on any atom is 0.354 e. The van der Waals surface area contributed by atoms with Crippen LogP contribution in [0.3, 0.4) is 0 Å². The molecule has 2 saturated carbocycles. The lowest BCUT2D eigenvalue weighted by atomic mass is 9.65. The fraction of sp³-hybridized carbons (Fsp3) is 0.435. The van der Waals surface area contributed by atoms with Crippen LogP contribution in [-0.2, 0) is 4.74 Å². The standard InChI is InChI=1S/C23H23N3O4/c27-22(28)17-9-18(30-16-10-23(11-16)12-29-13-23)19-20(14-5-4-6-14)25-26(21(19)24-17)15-7-2-1-3-8-15/h1-3,7-9,14,16H,4-6,10-13H2,(H,27,28). The van der Waals surface area contributed by atoms with E-state index < -0.39 is 5.97 Å². The van der Waals surface area contributed by atoms with Gasteiger partial charge in [-0.1, -0.05) is 24.6 Å². The maximum atomic E-state index is 11.8. The van der Waals surface area contributed by atoms with Crippen molar-refractivity contribution in [2.75, 3.05) is 13.2 Å². The third kappa shape index (κ3) is 2.72. The summed E-state index contributed by atoms with van der Waals surface area (Å²) in [5, 5.41) is 15.4. The van der Waals surface area contributed by atoms with Crippen molar-refractivity contribution in [1.82, 2.24) is 14.8 Å². The van der Waals surface area contributed by atoms with Crippen LogP contribution in [0.4, 0.5) is 0 Å². The molecule has 0 amide bonds. The first-order valence-corrected chi connectivity index (χ1v) is 10.6. The van der Waals surface area contributed by atoms with E-state index in [1.165, 1.54) is 6.42 Å². The first-order valence-electron chi connectivity index (χ1n) is 10.6. The van der Waals surface area contributed by atoms with Crippen LogP contribution in [0.5, 0.6) is 5.75 Å². The van der Waals surface area contributed by atoms with Crippen LogP contribution < -0.4 is 4.74 Å². The Morgan fingerprint density at radius 2 is 1.97 bits per heavy atom. The fourth-order valence-electron chi connectivity index (χ4n) is 4.82. The van der Waals surface area contributed by atoms with Gasteiger partial charge in [-0.25, -0.2) is 14.5 Å². The summed E-state index contributed by atoms with van der Waals surface area (Å²) in [6.07, 6.45) is 5.34. The van der Waals surface area contributed by atoms with Crippen LogP contribution in [0, 0.1) is 5.41 Å². The van der Waals surface area contributed by atoms with Gasteiger partial charge >= 0.3 is 5.97 Å². The third-order valence-electron chi connectivity index (χ3n) is 6.77. The number of fused-ring (bicyclic) bond motifs is 1. The molecule has 2 aliphatic carbocycles. The van der Waals surface area contributed by atoms with Gasteiger partial charge in [0.2, 0.25) is 0 Å². The van der Waals surface area contributed by atoms with Crippen molar-refractivity contribution in [3.05, 3.63) is 47.8 Å². The molecule has 3 heterocycles. The van der Waals surface area contributed by atoms with Crippen molar-refractivity contribution in [2.24, 2.45) is 5.41 Å². The number of para-hydroxylation sites is 1. The molecule has 1 saturated heterocycles. The number of aromatic nitrogens is 3. The molecule has 30 heavy (non-hydrogen) atoms. The summed E-state index contributed by atoms with van der Waals surface area (Å²) in [6, 6.07) is 11.3. The molecule has 0 radical (unpaired) electrons. The highest BCUT2D eigenvalue weighted by Crippen LogP contribution is 2.49. The van der Waals surface area contributed by atoms with Gasteiger partial charge in [-0.05, 0) is 37.8 Å². The molecule has 1 spiro atoms. The number of ether oxygens (including phenoxy) is 2. The Labute approximate surface area is 173 Å². The van der Waals surface area contributed by atoms with Crippen molar-refractivity contribution in [3.8, 4) is 11.4 Å². The molecule has 1 N–H and O–H groups in total. The van der Waals surface area contributed by atoms with Crippen molar-refractivity contribution in [2.45, 2.75) is 44.1 Å². The molecule has 2 aromatic heterocycles. The van der Waals surface area contributed by atoms with Gasteiger partial charge in [-0.3, -0.25) is 0 Å². The predicted octanol–water partition coefficient (Wildman–Crippen LogP) is 3.94. The highest BCUT2D eigenvalue weighted by atomic mass is 16.5. The number of pyridine rings is 1. The largest absolute Gasteiger partial charge is 0.489 e. The number of hydrogen-bond donors (Lipinski definition) is 1. The number of carboxylic acids is 1. The van der Waals surface area contributed by atoms with Gasteiger partial charge in [0.05, 0.1) is 30.0 Å². The lowest BCUT2D eigenvalue weighted by molar-refractivity contribution is -0.191. The number of carboxylic acid groups (broad SMARTS) is 1. The predicted molar refractivity (Wildman–Crippen MR) is 109 cm³/mol. The molecular formula is C23H23N3O4. The Bertz CT molecular complexity index is 1120. The Balaban J connectivity index is 1.49. The van der Waals surface area contributed by atoms with E-state index in [1.807, 2.05) is 30.3 Å². The lowest BCUT2D eigenvalue weighted by Crippen LogP contribution is -2.56. The van der Waals surface area contributed by atoms with E-state index in [-0.39, 0.29) is 17.2 Å². The molecule has 154 valence electrons. The number of hydrogen-bond acceptors (Lipinski definition) is 5. The zero-order chi connectivity index (χ0) is 20.3. The van der Waals surface area contributed by atoms with E-state index in [4.69, 9.17) is 14.6 Å². The molecule has 1 aromatic carbocycles. The number of carbonyl (C=O) groups is 1. The van der Waals surface area contributed by atoms with Crippen molar-refractivity contribution in [3.63, 3.8) is 0 Å². The topological polar surface area (TPSA) is 86.5 Å². The van der Waals surface area contributed by atoms with Crippen LogP contribution in [0.1, 0.15) is 54.2 Å². The monoisotopic (exact) mass is 405 g/mol. The zero-order valence-corrected chi connectivity index (χ0v) is 16.6. The van der Waals surface area contributed by atoms with E-state index in [2.05, 4.69) is 4.98 Å². The minimum Gasteiger partial charge on any atom is -0.489 e. The SMILES string of the molecule is O=C(O)c1cc(OC2CC3(COC3)C2)c2c(C3CCC3)nn(-c3ccccc3)c2n1. The molecule has 3 aromatic rings. The van der Waals surface area contributed by atoms with E-state index in [9.17, 15) is 9.90 Å². The molecule has 1 aliphatic heterocycles. The molecule has 3 aliphatic rings. The Morgan fingerprint density at radius 3 is 2.57 bits per heavy atom. The summed E-state index contributed by atoms with van der Waals surface area (Å²) in [5.41, 5.74) is 2.65. The quantitative estimate of drug-likeness (QED) is 0.692. The van der Waals surface area contributed by atoms with E-state index in [0.29, 0.717) is 17.3 Å². The zero-order valence-electron chi connectivity index (χ0n) is 16.6. The fourth-order valence-corrected chi connectivity index (χ4v) is 4.82. The molecule has 0 bridgehead atoms. The highest BCUT2D eigenvalue weighted by Gasteiger charge is 2.51. The van der Waals surface area contributed by atoms with Crippen molar-refractivity contribution >= 4 is 17.0 Å². The van der Waals surface area contributed by atoms with Crippen LogP contribution in [0.15, 0.2) is 36.4 Å². The summed E-state index contributed by atoms with van der Waals surface area (Å²) < 4.78 is 13.5. The Kier molecular flexibility index (Phi) is 3.90. The van der Waals surface area contributed by atoms with Crippen LogP contribution in [0.2, 0.25) is 0 Å². The molecule has 7 heteroatoms. The molecule has 6 rings (SSSR count). The van der Waals surface area contributed by atoms with Crippen LogP contribution in [0.25, 0.3) is 16.7 Å². The number of rotatable bonds is 5. The van der Waals surface area contributed by atoms with E-state index >= 15 is 0 Å². The van der Waals surface area contributed by atoms with Gasteiger partial charge in [-0.15, -0.1) is 0 Å².